The summed E-state index contributed by atoms with van der Waals surface area (Å²) in [6.45, 7) is 9.19. The topological polar surface area (TPSA) is 0 Å². The van der Waals surface area contributed by atoms with Gasteiger partial charge in [0.05, 0.1) is 7.57 Å². The van der Waals surface area contributed by atoms with Crippen molar-refractivity contribution < 1.29 is 0 Å². The lowest BCUT2D eigenvalue weighted by Gasteiger charge is -2.04. The molecule has 0 saturated carbocycles. The number of thiophene rings is 4. The van der Waals surface area contributed by atoms with Crippen molar-refractivity contribution in [1.82, 2.24) is 0 Å². The molecule has 0 unspecified atom stereocenters. The summed E-state index contributed by atoms with van der Waals surface area (Å²) in [7, 11) is 0. The average molecular weight is 1220 g/mol. The zero-order valence-electron chi connectivity index (χ0n) is 48.3. The van der Waals surface area contributed by atoms with E-state index in [1.165, 1.54) is 321 Å². The van der Waals surface area contributed by atoms with Crippen LogP contribution >= 0.6 is 77.2 Å². The second kappa shape index (κ2) is 48.2. The van der Waals surface area contributed by atoms with Gasteiger partial charge in [0.15, 0.2) is 0 Å². The SMILES string of the molecule is CCCCCCCCCCCCc1cc(Br)sc1/C=C/c1sc(Br)cc1CCCCCCCCCCCC.CCCCCCCCCCCCc1ccsc1/C=C/c1sccc1CCCCCCCCCCCC. The largest absolute Gasteiger partial charge is 0.144 e. The first-order chi connectivity index (χ1) is 36.5. The van der Waals surface area contributed by atoms with Gasteiger partial charge < -0.3 is 0 Å². The van der Waals surface area contributed by atoms with E-state index in [-0.39, 0.29) is 0 Å². The fraction of sp³-hybridized carbons (Fsp3) is 0.706. The predicted octanol–water partition coefficient (Wildman–Crippen LogP) is 27.3. The maximum absolute atomic E-state index is 3.75. The molecule has 74 heavy (non-hydrogen) atoms. The molecule has 0 fully saturated rings. The summed E-state index contributed by atoms with van der Waals surface area (Å²) in [5.74, 6) is 0. The summed E-state index contributed by atoms with van der Waals surface area (Å²) >= 11 is 15.1. The third-order valence-corrected chi connectivity index (χ3v) is 20.3. The van der Waals surface area contributed by atoms with Gasteiger partial charge in [-0.2, -0.15) is 0 Å². The average Bonchev–Trinajstić information content (AvgIpc) is 4.22. The van der Waals surface area contributed by atoms with Gasteiger partial charge in [-0.1, -0.05) is 259 Å². The van der Waals surface area contributed by atoms with Crippen LogP contribution in [0.4, 0.5) is 0 Å². The molecule has 0 spiro atoms. The van der Waals surface area contributed by atoms with Crippen LogP contribution in [-0.4, -0.2) is 0 Å². The highest BCUT2D eigenvalue weighted by molar-refractivity contribution is 9.11. The Morgan fingerprint density at radius 1 is 0.284 bits per heavy atom. The fourth-order valence-electron chi connectivity index (χ4n) is 10.4. The molecule has 0 aromatic carbocycles. The van der Waals surface area contributed by atoms with Crippen LogP contribution in [0.1, 0.15) is 326 Å². The van der Waals surface area contributed by atoms with Crippen LogP contribution in [0.25, 0.3) is 24.3 Å². The molecule has 4 rings (SSSR count). The number of hydrogen-bond acceptors (Lipinski definition) is 4. The Bertz CT molecular complexity index is 1770. The van der Waals surface area contributed by atoms with Gasteiger partial charge in [-0.15, -0.1) is 45.3 Å². The molecule has 420 valence electrons. The van der Waals surface area contributed by atoms with Gasteiger partial charge in [-0.05, 0) is 165 Å². The zero-order chi connectivity index (χ0) is 52.8. The summed E-state index contributed by atoms with van der Waals surface area (Å²) in [6.07, 6.45) is 70.7. The lowest BCUT2D eigenvalue weighted by molar-refractivity contribution is 0.556. The Labute approximate surface area is 492 Å². The monoisotopic (exact) mass is 1210 g/mol. The van der Waals surface area contributed by atoms with E-state index in [0.717, 1.165) is 0 Å². The molecule has 4 aromatic rings. The van der Waals surface area contributed by atoms with Crippen LogP contribution < -0.4 is 0 Å². The molecule has 0 saturated heterocycles. The molecule has 0 radical (unpaired) electrons. The maximum Gasteiger partial charge on any atom is 0.0707 e. The quantitative estimate of drug-likeness (QED) is 0.0387. The van der Waals surface area contributed by atoms with Crippen molar-refractivity contribution >= 4 is 102 Å². The third kappa shape index (κ3) is 34.3. The van der Waals surface area contributed by atoms with E-state index >= 15 is 0 Å². The smallest absolute Gasteiger partial charge is 0.0707 e. The molecular weight excluding hydrogens is 1100 g/mol. The minimum Gasteiger partial charge on any atom is -0.144 e. The Kier molecular flexibility index (Phi) is 44.0. The van der Waals surface area contributed by atoms with Crippen LogP contribution in [0.15, 0.2) is 42.6 Å². The van der Waals surface area contributed by atoms with Crippen LogP contribution in [0, 0.1) is 0 Å². The second-order valence-electron chi connectivity index (χ2n) is 21.9. The molecule has 4 aromatic heterocycles. The number of rotatable bonds is 48. The third-order valence-electron chi connectivity index (χ3n) is 15.2. The molecule has 0 atom stereocenters. The van der Waals surface area contributed by atoms with E-state index in [1.807, 2.05) is 45.3 Å². The zero-order valence-corrected chi connectivity index (χ0v) is 54.7. The molecular formula is C68H110Br2S4. The lowest BCUT2D eigenvalue weighted by atomic mass is 10.0. The van der Waals surface area contributed by atoms with Gasteiger partial charge in [0.25, 0.3) is 0 Å². The maximum atomic E-state index is 3.75. The molecule has 0 nitrogen and oxygen atoms in total. The Morgan fingerprint density at radius 3 is 0.757 bits per heavy atom. The summed E-state index contributed by atoms with van der Waals surface area (Å²) < 4.78 is 2.52. The van der Waals surface area contributed by atoms with Crippen molar-refractivity contribution in [1.29, 1.82) is 0 Å². The minimum absolute atomic E-state index is 1.21. The number of halogens is 2. The molecule has 0 aliphatic rings. The summed E-state index contributed by atoms with van der Waals surface area (Å²) in [6, 6.07) is 9.43. The van der Waals surface area contributed by atoms with Crippen molar-refractivity contribution in [2.24, 2.45) is 0 Å². The molecule has 0 N–H and O–H groups in total. The normalized spacial score (nSPS) is 11.8. The van der Waals surface area contributed by atoms with Gasteiger partial charge in [-0.3, -0.25) is 0 Å². The fourth-order valence-corrected chi connectivity index (χ4v) is 15.4. The lowest BCUT2D eigenvalue weighted by Crippen LogP contribution is -1.88. The van der Waals surface area contributed by atoms with E-state index in [9.17, 15) is 0 Å². The van der Waals surface area contributed by atoms with Crippen molar-refractivity contribution in [2.75, 3.05) is 0 Å². The Hall–Kier alpha value is -0.760. The van der Waals surface area contributed by atoms with Crippen molar-refractivity contribution in [3.8, 4) is 0 Å². The standard InChI is InChI=1S/C34H54Br2S2.C34H56S2/c1-3-5-7-9-11-13-15-17-19-21-23-29-27-33(35)37-31(29)25-26-32-30(28-34(36)38-32)24-22-20-18-16-14-12-10-8-6-4-2;1-3-5-7-9-11-13-15-17-19-21-23-31-27-29-35-33(31)25-26-34-32(28-30-36-34)24-22-20-18-16-14-12-10-8-6-4-2/h25-28H,3-24H2,1-2H3;25-30H,3-24H2,1-2H3/b2*26-25+. The van der Waals surface area contributed by atoms with Gasteiger partial charge in [0.1, 0.15) is 0 Å². The van der Waals surface area contributed by atoms with Crippen LogP contribution in [0.2, 0.25) is 0 Å². The first-order valence-corrected chi connectivity index (χ1v) is 36.5. The molecule has 0 aliphatic heterocycles. The highest BCUT2D eigenvalue weighted by atomic mass is 79.9. The number of unbranched alkanes of at least 4 members (excludes halogenated alkanes) is 36. The molecule has 0 aliphatic carbocycles. The minimum atomic E-state index is 1.21. The molecule has 0 bridgehead atoms. The van der Waals surface area contributed by atoms with Crippen molar-refractivity contribution in [3.63, 3.8) is 0 Å². The van der Waals surface area contributed by atoms with E-state index in [1.54, 1.807) is 11.1 Å². The highest BCUT2D eigenvalue weighted by Crippen LogP contribution is 2.34. The van der Waals surface area contributed by atoms with Gasteiger partial charge in [-0.25, -0.2) is 0 Å². The summed E-state index contributed by atoms with van der Waals surface area (Å²) in [5.41, 5.74) is 6.15. The first kappa shape index (κ1) is 67.5. The van der Waals surface area contributed by atoms with E-state index in [0.29, 0.717) is 0 Å². The Morgan fingerprint density at radius 2 is 0.500 bits per heavy atom. The summed E-state index contributed by atoms with van der Waals surface area (Å²) in [4.78, 5) is 5.82. The molecule has 4 heterocycles. The van der Waals surface area contributed by atoms with E-state index in [2.05, 4.69) is 119 Å². The van der Waals surface area contributed by atoms with E-state index < -0.39 is 0 Å². The van der Waals surface area contributed by atoms with Gasteiger partial charge >= 0.3 is 0 Å². The van der Waals surface area contributed by atoms with Crippen molar-refractivity contribution in [3.05, 3.63) is 84.4 Å². The van der Waals surface area contributed by atoms with Crippen LogP contribution in [0.5, 0.6) is 0 Å². The van der Waals surface area contributed by atoms with Gasteiger partial charge in [0.2, 0.25) is 0 Å². The van der Waals surface area contributed by atoms with Gasteiger partial charge in [0, 0.05) is 19.5 Å². The number of hydrogen-bond donors (Lipinski definition) is 0. The van der Waals surface area contributed by atoms with E-state index in [4.69, 9.17) is 0 Å². The van der Waals surface area contributed by atoms with Crippen molar-refractivity contribution in [2.45, 2.75) is 310 Å². The Balaban J connectivity index is 0.000000391. The number of aryl methyl sites for hydroxylation is 4. The van der Waals surface area contributed by atoms with Crippen LogP contribution in [0.3, 0.4) is 0 Å². The second-order valence-corrected chi connectivity index (χ2v) is 28.7. The highest BCUT2D eigenvalue weighted by Gasteiger charge is 2.10. The molecule has 0 amide bonds. The van der Waals surface area contributed by atoms with Crippen LogP contribution in [-0.2, 0) is 25.7 Å². The molecule has 6 heteroatoms. The summed E-state index contributed by atoms with van der Waals surface area (Å²) in [5, 5.41) is 4.56. The predicted molar refractivity (Wildman–Crippen MR) is 353 cm³/mol. The first-order valence-electron chi connectivity index (χ1n) is 31.5.